The van der Waals surface area contributed by atoms with Crippen LogP contribution in [0.3, 0.4) is 0 Å². The minimum absolute atomic E-state index is 0.00889. The van der Waals surface area contributed by atoms with Gasteiger partial charge in [0, 0.05) is 18.5 Å². The first-order chi connectivity index (χ1) is 8.87. The first-order valence-corrected chi connectivity index (χ1v) is 8.94. The largest absolute Gasteiger partial charge is 0.342 e. The molecule has 0 atom stereocenters. The molecule has 0 unspecified atom stereocenters. The third-order valence-corrected chi connectivity index (χ3v) is 6.00. The number of thiazole rings is 1. The Labute approximate surface area is 117 Å². The lowest BCUT2D eigenvalue weighted by Crippen LogP contribution is -2.42. The van der Waals surface area contributed by atoms with Crippen LogP contribution < -0.4 is 0 Å². The van der Waals surface area contributed by atoms with Gasteiger partial charge < -0.3 is 4.90 Å². The van der Waals surface area contributed by atoms with Crippen molar-refractivity contribution in [1.82, 2.24) is 9.88 Å². The molecular weight excluding hydrogens is 284 g/mol. The molecule has 1 aromatic heterocycles. The van der Waals surface area contributed by atoms with E-state index in [2.05, 4.69) is 4.98 Å². The molecule has 106 valence electrons. The maximum atomic E-state index is 12.1. The molecule has 1 aliphatic rings. The van der Waals surface area contributed by atoms with E-state index in [0.29, 0.717) is 19.3 Å². The van der Waals surface area contributed by atoms with Crippen molar-refractivity contribution >= 4 is 27.1 Å². The average Bonchev–Trinajstić information content (AvgIpc) is 2.74. The number of amides is 1. The summed E-state index contributed by atoms with van der Waals surface area (Å²) in [4.78, 5) is 18.1. The Kier molecular flexibility index (Phi) is 4.25. The molecule has 0 aliphatic carbocycles. The smallest absolute Gasteiger partial charge is 0.228 e. The van der Waals surface area contributed by atoms with Crippen molar-refractivity contribution in [2.45, 2.75) is 32.2 Å². The highest BCUT2D eigenvalue weighted by atomic mass is 32.2. The molecule has 2 heterocycles. The molecule has 2 rings (SSSR count). The number of likely N-dealkylation sites (N-methyl/N-ethyl adjacent to an activating group) is 1. The molecule has 1 amide bonds. The van der Waals surface area contributed by atoms with Crippen LogP contribution in [0.15, 0.2) is 5.38 Å². The summed E-state index contributed by atoms with van der Waals surface area (Å²) in [6.07, 6.45) is 1.38. The second-order valence-electron chi connectivity index (χ2n) is 4.92. The van der Waals surface area contributed by atoms with Crippen LogP contribution in [0, 0.1) is 6.92 Å². The SMILES string of the molecule is Cc1nc(CC(=O)N(C)C2CCS(=O)(=O)CC2)cs1. The van der Waals surface area contributed by atoms with E-state index in [1.54, 1.807) is 11.9 Å². The summed E-state index contributed by atoms with van der Waals surface area (Å²) in [5.41, 5.74) is 0.794. The number of rotatable bonds is 3. The molecule has 0 spiro atoms. The first-order valence-electron chi connectivity index (χ1n) is 6.24. The molecule has 1 fully saturated rings. The van der Waals surface area contributed by atoms with Crippen LogP contribution >= 0.6 is 11.3 Å². The maximum Gasteiger partial charge on any atom is 0.228 e. The van der Waals surface area contributed by atoms with Gasteiger partial charge in [0.2, 0.25) is 5.91 Å². The van der Waals surface area contributed by atoms with Crippen molar-refractivity contribution in [2.75, 3.05) is 18.6 Å². The molecule has 5 nitrogen and oxygen atoms in total. The van der Waals surface area contributed by atoms with E-state index in [4.69, 9.17) is 0 Å². The monoisotopic (exact) mass is 302 g/mol. The van der Waals surface area contributed by atoms with E-state index in [1.165, 1.54) is 11.3 Å². The molecule has 7 heteroatoms. The lowest BCUT2D eigenvalue weighted by atomic mass is 10.1. The van der Waals surface area contributed by atoms with Gasteiger partial charge in [0.15, 0.2) is 0 Å². The van der Waals surface area contributed by atoms with Crippen LogP contribution in [-0.4, -0.2) is 48.8 Å². The Balaban J connectivity index is 1.92. The van der Waals surface area contributed by atoms with E-state index in [9.17, 15) is 13.2 Å². The van der Waals surface area contributed by atoms with Crippen molar-refractivity contribution in [3.8, 4) is 0 Å². The summed E-state index contributed by atoms with van der Waals surface area (Å²) < 4.78 is 22.7. The molecule has 0 aromatic carbocycles. The van der Waals surface area contributed by atoms with Gasteiger partial charge in [-0.05, 0) is 19.8 Å². The number of hydrogen-bond donors (Lipinski definition) is 0. The van der Waals surface area contributed by atoms with E-state index >= 15 is 0 Å². The van der Waals surface area contributed by atoms with Gasteiger partial charge >= 0.3 is 0 Å². The van der Waals surface area contributed by atoms with Gasteiger partial charge in [-0.25, -0.2) is 13.4 Å². The minimum Gasteiger partial charge on any atom is -0.342 e. The predicted octanol–water partition coefficient (Wildman–Crippen LogP) is 1.03. The fraction of sp³-hybridized carbons (Fsp3) is 0.667. The number of aromatic nitrogens is 1. The lowest BCUT2D eigenvalue weighted by Gasteiger charge is -2.31. The van der Waals surface area contributed by atoms with Crippen LogP contribution in [0.2, 0.25) is 0 Å². The van der Waals surface area contributed by atoms with Crippen molar-refractivity contribution in [2.24, 2.45) is 0 Å². The Morgan fingerprint density at radius 2 is 2.11 bits per heavy atom. The normalized spacial score (nSPS) is 19.3. The van der Waals surface area contributed by atoms with Gasteiger partial charge in [0.05, 0.1) is 28.6 Å². The van der Waals surface area contributed by atoms with Gasteiger partial charge in [-0.3, -0.25) is 4.79 Å². The number of sulfone groups is 1. The molecule has 0 bridgehead atoms. The summed E-state index contributed by atoms with van der Waals surface area (Å²) in [5.74, 6) is 0.380. The Morgan fingerprint density at radius 1 is 1.47 bits per heavy atom. The molecular formula is C12H18N2O3S2. The second kappa shape index (κ2) is 5.58. The average molecular weight is 302 g/mol. The van der Waals surface area contributed by atoms with E-state index in [0.717, 1.165) is 10.7 Å². The summed E-state index contributed by atoms with van der Waals surface area (Å²) in [5, 5.41) is 2.85. The minimum atomic E-state index is -2.88. The molecule has 19 heavy (non-hydrogen) atoms. The summed E-state index contributed by atoms with van der Waals surface area (Å²) in [6.45, 7) is 1.91. The van der Waals surface area contributed by atoms with Crippen LogP contribution in [0.1, 0.15) is 23.5 Å². The van der Waals surface area contributed by atoms with Gasteiger partial charge in [-0.15, -0.1) is 11.3 Å². The maximum absolute atomic E-state index is 12.1. The summed E-state index contributed by atoms with van der Waals surface area (Å²) in [6, 6.07) is 0.0377. The van der Waals surface area contributed by atoms with Crippen LogP contribution in [0.25, 0.3) is 0 Å². The zero-order valence-electron chi connectivity index (χ0n) is 11.1. The molecule has 1 saturated heterocycles. The highest BCUT2D eigenvalue weighted by Gasteiger charge is 2.28. The highest BCUT2D eigenvalue weighted by molar-refractivity contribution is 7.91. The predicted molar refractivity (Wildman–Crippen MR) is 75.0 cm³/mol. The highest BCUT2D eigenvalue weighted by Crippen LogP contribution is 2.18. The van der Waals surface area contributed by atoms with Crippen LogP contribution in [0.5, 0.6) is 0 Å². The van der Waals surface area contributed by atoms with Crippen molar-refractivity contribution in [1.29, 1.82) is 0 Å². The Hall–Kier alpha value is -0.950. The van der Waals surface area contributed by atoms with Crippen molar-refractivity contribution in [3.63, 3.8) is 0 Å². The molecule has 1 aromatic rings. The fourth-order valence-electron chi connectivity index (χ4n) is 2.24. The number of aryl methyl sites for hydroxylation is 1. The molecule has 1 aliphatic heterocycles. The standard InChI is InChI=1S/C12H18N2O3S2/c1-9-13-10(8-18-9)7-12(15)14(2)11-3-5-19(16,17)6-4-11/h8,11H,3-7H2,1-2H3. The molecule has 0 N–H and O–H groups in total. The Morgan fingerprint density at radius 3 is 2.63 bits per heavy atom. The second-order valence-corrected chi connectivity index (χ2v) is 8.29. The van der Waals surface area contributed by atoms with Crippen molar-refractivity contribution in [3.05, 3.63) is 16.1 Å². The third-order valence-electron chi connectivity index (χ3n) is 3.46. The number of nitrogens with zero attached hydrogens (tertiary/aromatic N) is 2. The molecule has 0 saturated carbocycles. The third kappa shape index (κ3) is 3.76. The topological polar surface area (TPSA) is 67.3 Å². The number of carbonyl (C=O) groups is 1. The summed E-state index contributed by atoms with van der Waals surface area (Å²) >= 11 is 1.53. The summed E-state index contributed by atoms with van der Waals surface area (Å²) in [7, 11) is -1.12. The van der Waals surface area contributed by atoms with E-state index < -0.39 is 9.84 Å². The van der Waals surface area contributed by atoms with Gasteiger partial charge in [0.1, 0.15) is 9.84 Å². The number of hydrogen-bond acceptors (Lipinski definition) is 5. The Bertz CT molecular complexity index is 551. The van der Waals surface area contributed by atoms with E-state index in [1.807, 2.05) is 12.3 Å². The number of carbonyl (C=O) groups excluding carboxylic acids is 1. The van der Waals surface area contributed by atoms with Crippen LogP contribution in [0.4, 0.5) is 0 Å². The first kappa shape index (κ1) is 14.5. The van der Waals surface area contributed by atoms with E-state index in [-0.39, 0.29) is 23.5 Å². The van der Waals surface area contributed by atoms with Gasteiger partial charge in [0.25, 0.3) is 0 Å². The quantitative estimate of drug-likeness (QED) is 0.836. The lowest BCUT2D eigenvalue weighted by molar-refractivity contribution is -0.131. The zero-order valence-corrected chi connectivity index (χ0v) is 12.8. The fourth-order valence-corrected chi connectivity index (χ4v) is 4.32. The molecule has 0 radical (unpaired) electrons. The van der Waals surface area contributed by atoms with Crippen molar-refractivity contribution < 1.29 is 13.2 Å². The van der Waals surface area contributed by atoms with Crippen LogP contribution in [-0.2, 0) is 21.1 Å². The van der Waals surface area contributed by atoms with Gasteiger partial charge in [-0.1, -0.05) is 0 Å². The zero-order chi connectivity index (χ0) is 14.0. The van der Waals surface area contributed by atoms with Gasteiger partial charge in [-0.2, -0.15) is 0 Å².